The lowest BCUT2D eigenvalue weighted by Crippen LogP contribution is -1.95. The van der Waals surface area contributed by atoms with E-state index in [9.17, 15) is 0 Å². The SMILES string of the molecule is Nc1ccc(O[SH](c2ccccc2)c2ccccc2)cc1. The maximum atomic E-state index is 6.25. The summed E-state index contributed by atoms with van der Waals surface area (Å²) in [7, 11) is 0. The van der Waals surface area contributed by atoms with Crippen LogP contribution in [-0.4, -0.2) is 0 Å². The summed E-state index contributed by atoms with van der Waals surface area (Å²) in [5.41, 5.74) is 6.47. The smallest absolute Gasteiger partial charge is 0.135 e. The minimum absolute atomic E-state index is 0.742. The van der Waals surface area contributed by atoms with Gasteiger partial charge in [-0.3, -0.25) is 0 Å². The van der Waals surface area contributed by atoms with Gasteiger partial charge < -0.3 is 9.92 Å². The first kappa shape index (κ1) is 13.6. The molecule has 3 aromatic rings. The molecule has 0 amide bonds. The molecule has 0 bridgehead atoms. The highest BCUT2D eigenvalue weighted by Crippen LogP contribution is 2.45. The zero-order chi connectivity index (χ0) is 14.5. The number of benzene rings is 3. The molecule has 3 aromatic carbocycles. The summed E-state index contributed by atoms with van der Waals surface area (Å²) in [6.07, 6.45) is 0. The van der Waals surface area contributed by atoms with Crippen molar-refractivity contribution in [3.8, 4) is 5.75 Å². The van der Waals surface area contributed by atoms with Crippen molar-refractivity contribution >= 4 is 16.9 Å². The third-order valence-electron chi connectivity index (χ3n) is 3.06. The molecule has 3 heteroatoms. The Labute approximate surface area is 127 Å². The van der Waals surface area contributed by atoms with E-state index >= 15 is 0 Å². The van der Waals surface area contributed by atoms with Crippen LogP contribution in [0, 0.1) is 0 Å². The Kier molecular flexibility index (Phi) is 4.12. The van der Waals surface area contributed by atoms with Gasteiger partial charge in [0.05, 0.1) is 0 Å². The minimum atomic E-state index is -0.878. The van der Waals surface area contributed by atoms with E-state index in [2.05, 4.69) is 24.3 Å². The molecule has 2 nitrogen and oxygen atoms in total. The molecular weight excluding hydrogens is 278 g/mol. The first-order valence-corrected chi connectivity index (χ1v) is 8.02. The highest BCUT2D eigenvalue weighted by Gasteiger charge is 2.11. The topological polar surface area (TPSA) is 35.2 Å². The predicted octanol–water partition coefficient (Wildman–Crippen LogP) is 4.68. The average Bonchev–Trinajstić information content (AvgIpc) is 2.56. The molecule has 0 unspecified atom stereocenters. The van der Waals surface area contributed by atoms with Crippen LogP contribution in [0.3, 0.4) is 0 Å². The molecule has 0 aliphatic heterocycles. The summed E-state index contributed by atoms with van der Waals surface area (Å²) in [4.78, 5) is 2.38. The van der Waals surface area contributed by atoms with Crippen LogP contribution in [-0.2, 0) is 0 Å². The van der Waals surface area contributed by atoms with Crippen molar-refractivity contribution in [2.45, 2.75) is 9.79 Å². The predicted molar refractivity (Wildman–Crippen MR) is 89.9 cm³/mol. The fraction of sp³-hybridized carbons (Fsp3) is 0. The molecule has 0 saturated carbocycles. The van der Waals surface area contributed by atoms with Gasteiger partial charge in [-0.05, 0) is 59.7 Å². The quantitative estimate of drug-likeness (QED) is 0.541. The maximum absolute atomic E-state index is 6.25. The minimum Gasteiger partial charge on any atom is -0.443 e. The molecule has 0 aliphatic rings. The number of nitrogens with two attached hydrogens (primary N) is 1. The van der Waals surface area contributed by atoms with Crippen LogP contribution in [0.5, 0.6) is 5.75 Å². The van der Waals surface area contributed by atoms with Crippen molar-refractivity contribution in [2.75, 3.05) is 5.73 Å². The normalized spacial score (nSPS) is 11.0. The van der Waals surface area contributed by atoms with Gasteiger partial charge in [-0.15, -0.1) is 0 Å². The Hall–Kier alpha value is -2.39. The van der Waals surface area contributed by atoms with Gasteiger partial charge in [0.1, 0.15) is 5.75 Å². The zero-order valence-electron chi connectivity index (χ0n) is 11.5. The highest BCUT2D eigenvalue weighted by molar-refractivity contribution is 8.13. The Bertz CT molecular complexity index is 644. The van der Waals surface area contributed by atoms with Gasteiger partial charge in [-0.1, -0.05) is 36.4 Å². The second-order valence-electron chi connectivity index (χ2n) is 4.63. The highest BCUT2D eigenvalue weighted by atomic mass is 32.2. The van der Waals surface area contributed by atoms with Crippen LogP contribution in [0.1, 0.15) is 0 Å². The van der Waals surface area contributed by atoms with E-state index in [1.54, 1.807) is 0 Å². The first-order chi connectivity index (χ1) is 10.3. The van der Waals surface area contributed by atoms with Crippen molar-refractivity contribution in [2.24, 2.45) is 0 Å². The Balaban J connectivity index is 1.95. The number of nitrogen functional groups attached to an aromatic ring is 1. The summed E-state index contributed by atoms with van der Waals surface area (Å²) in [5, 5.41) is 0. The second kappa shape index (κ2) is 6.37. The summed E-state index contributed by atoms with van der Waals surface area (Å²) in [6, 6.07) is 28.2. The van der Waals surface area contributed by atoms with Crippen molar-refractivity contribution in [3.05, 3.63) is 84.9 Å². The lowest BCUT2D eigenvalue weighted by atomic mass is 10.3. The number of rotatable bonds is 4. The van der Waals surface area contributed by atoms with Gasteiger partial charge in [-0.2, -0.15) is 0 Å². The van der Waals surface area contributed by atoms with E-state index in [4.69, 9.17) is 9.92 Å². The first-order valence-electron chi connectivity index (χ1n) is 6.77. The molecule has 0 fully saturated rings. The average molecular weight is 295 g/mol. The fourth-order valence-electron chi connectivity index (χ4n) is 2.02. The van der Waals surface area contributed by atoms with Crippen LogP contribution in [0.4, 0.5) is 5.69 Å². The fourth-order valence-corrected chi connectivity index (χ4v) is 3.74. The molecule has 106 valence electrons. The summed E-state index contributed by atoms with van der Waals surface area (Å²) in [5.74, 6) is 0.836. The van der Waals surface area contributed by atoms with E-state index in [0.29, 0.717) is 0 Å². The zero-order valence-corrected chi connectivity index (χ0v) is 12.4. The van der Waals surface area contributed by atoms with Gasteiger partial charge in [0, 0.05) is 15.5 Å². The van der Waals surface area contributed by atoms with Crippen molar-refractivity contribution in [3.63, 3.8) is 0 Å². The molecule has 0 spiro atoms. The molecule has 0 atom stereocenters. The Morgan fingerprint density at radius 3 is 1.57 bits per heavy atom. The van der Waals surface area contributed by atoms with E-state index < -0.39 is 11.2 Å². The second-order valence-corrected chi connectivity index (χ2v) is 6.43. The van der Waals surface area contributed by atoms with Crippen LogP contribution >= 0.6 is 11.2 Å². The largest absolute Gasteiger partial charge is 0.443 e. The summed E-state index contributed by atoms with van der Waals surface area (Å²) in [6.45, 7) is 0. The molecule has 0 radical (unpaired) electrons. The van der Waals surface area contributed by atoms with E-state index in [1.807, 2.05) is 60.7 Å². The number of hydrogen-bond donors (Lipinski definition) is 2. The van der Waals surface area contributed by atoms with E-state index in [0.717, 1.165) is 11.4 Å². The van der Waals surface area contributed by atoms with Gasteiger partial charge in [0.25, 0.3) is 0 Å². The Morgan fingerprint density at radius 2 is 1.10 bits per heavy atom. The van der Waals surface area contributed by atoms with Gasteiger partial charge in [-0.25, -0.2) is 0 Å². The monoisotopic (exact) mass is 295 g/mol. The van der Waals surface area contributed by atoms with E-state index in [-0.39, 0.29) is 0 Å². The van der Waals surface area contributed by atoms with Gasteiger partial charge in [0.2, 0.25) is 0 Å². The third-order valence-corrected chi connectivity index (χ3v) is 4.99. The molecule has 0 aromatic heterocycles. The summed E-state index contributed by atoms with van der Waals surface area (Å²) < 4.78 is 6.25. The molecule has 2 N–H and O–H groups in total. The maximum Gasteiger partial charge on any atom is 0.135 e. The molecule has 3 rings (SSSR count). The van der Waals surface area contributed by atoms with Crippen molar-refractivity contribution in [1.82, 2.24) is 0 Å². The van der Waals surface area contributed by atoms with Crippen LogP contribution in [0.2, 0.25) is 0 Å². The van der Waals surface area contributed by atoms with E-state index in [1.165, 1.54) is 9.79 Å². The van der Waals surface area contributed by atoms with Crippen LogP contribution in [0.15, 0.2) is 94.7 Å². The Morgan fingerprint density at radius 1 is 0.619 bits per heavy atom. The molecule has 21 heavy (non-hydrogen) atoms. The van der Waals surface area contributed by atoms with Gasteiger partial charge >= 0.3 is 0 Å². The molecule has 0 aliphatic carbocycles. The number of thiol groups is 1. The van der Waals surface area contributed by atoms with Crippen molar-refractivity contribution < 1.29 is 4.18 Å². The van der Waals surface area contributed by atoms with Crippen molar-refractivity contribution in [1.29, 1.82) is 0 Å². The molecule has 0 saturated heterocycles. The summed E-state index contributed by atoms with van der Waals surface area (Å²) >= 11 is -0.878. The lowest BCUT2D eigenvalue weighted by molar-refractivity contribution is 0.631. The van der Waals surface area contributed by atoms with Crippen LogP contribution in [0.25, 0.3) is 0 Å². The standard InChI is InChI=1S/C18H17NOS/c19-15-11-13-16(14-12-15)20-21(17-7-3-1-4-8-17)18-9-5-2-6-10-18/h1-14,21H,19H2. The third kappa shape index (κ3) is 3.38. The lowest BCUT2D eigenvalue weighted by Gasteiger charge is -2.23. The molecular formula is C18H17NOS. The number of hydrogen-bond acceptors (Lipinski definition) is 2. The van der Waals surface area contributed by atoms with Crippen LogP contribution < -0.4 is 9.92 Å². The molecule has 0 heterocycles. The van der Waals surface area contributed by atoms with Gasteiger partial charge in [0.15, 0.2) is 0 Å². The number of anilines is 1.